The van der Waals surface area contributed by atoms with Gasteiger partial charge < -0.3 is 20.5 Å². The Morgan fingerprint density at radius 1 is 1.30 bits per heavy atom. The highest BCUT2D eigenvalue weighted by Gasteiger charge is 2.32. The summed E-state index contributed by atoms with van der Waals surface area (Å²) in [7, 11) is 0. The first-order chi connectivity index (χ1) is 9.78. The molecule has 2 heterocycles. The van der Waals surface area contributed by atoms with Crippen LogP contribution in [-0.2, 0) is 9.53 Å². The van der Waals surface area contributed by atoms with Crippen molar-refractivity contribution in [3.8, 4) is 5.75 Å². The van der Waals surface area contributed by atoms with Gasteiger partial charge in [0, 0.05) is 18.5 Å². The van der Waals surface area contributed by atoms with E-state index in [9.17, 15) is 4.79 Å². The van der Waals surface area contributed by atoms with Crippen molar-refractivity contribution >= 4 is 5.91 Å². The molecule has 5 heteroatoms. The number of nitrogens with two attached hydrogens (primary N) is 1. The molecule has 1 unspecified atom stereocenters. The minimum atomic E-state index is -0.362. The smallest absolute Gasteiger partial charge is 0.249 e. The molecule has 3 rings (SSSR count). The van der Waals surface area contributed by atoms with Crippen molar-refractivity contribution in [2.45, 2.75) is 37.5 Å². The van der Waals surface area contributed by atoms with E-state index in [2.05, 4.69) is 5.32 Å². The average molecular weight is 276 g/mol. The molecule has 5 nitrogen and oxygen atoms in total. The van der Waals surface area contributed by atoms with Crippen molar-refractivity contribution in [3.63, 3.8) is 0 Å². The third kappa shape index (κ3) is 2.64. The molecule has 3 N–H and O–H groups in total. The zero-order valence-electron chi connectivity index (χ0n) is 11.4. The van der Waals surface area contributed by atoms with Crippen LogP contribution in [0.4, 0.5) is 0 Å². The summed E-state index contributed by atoms with van der Waals surface area (Å²) in [5, 5.41) is 3.08. The van der Waals surface area contributed by atoms with E-state index in [-0.39, 0.29) is 24.2 Å². The molecule has 1 saturated heterocycles. The number of ether oxygens (including phenoxy) is 2. The summed E-state index contributed by atoms with van der Waals surface area (Å²) in [5.74, 6) is 0.818. The minimum absolute atomic E-state index is 0.00739. The fourth-order valence-corrected chi connectivity index (χ4v) is 2.83. The van der Waals surface area contributed by atoms with Gasteiger partial charge in [0.1, 0.15) is 11.9 Å². The first-order valence-electron chi connectivity index (χ1n) is 7.15. The fraction of sp³-hybridized carbons (Fsp3) is 0.533. The van der Waals surface area contributed by atoms with Gasteiger partial charge in [0.05, 0.1) is 18.8 Å². The van der Waals surface area contributed by atoms with E-state index in [1.54, 1.807) is 0 Å². The molecule has 2 aliphatic rings. The number of carbonyl (C=O) groups excluding carboxylic acids is 1. The maximum absolute atomic E-state index is 12.3. The Morgan fingerprint density at radius 3 is 2.95 bits per heavy atom. The normalized spacial score (nSPS) is 28.6. The summed E-state index contributed by atoms with van der Waals surface area (Å²) < 4.78 is 11.2. The van der Waals surface area contributed by atoms with Crippen LogP contribution >= 0.6 is 0 Å². The summed E-state index contributed by atoms with van der Waals surface area (Å²) in [6.45, 7) is 1.10. The van der Waals surface area contributed by atoms with Gasteiger partial charge in [-0.1, -0.05) is 18.2 Å². The topological polar surface area (TPSA) is 73.6 Å². The van der Waals surface area contributed by atoms with Crippen molar-refractivity contribution in [3.05, 3.63) is 29.8 Å². The third-order valence-electron chi connectivity index (χ3n) is 3.94. The lowest BCUT2D eigenvalue weighted by atomic mass is 10.00. The number of fused-ring (bicyclic) bond motifs is 1. The van der Waals surface area contributed by atoms with Gasteiger partial charge in [0.2, 0.25) is 5.91 Å². The molecule has 3 atom stereocenters. The van der Waals surface area contributed by atoms with E-state index in [0.717, 1.165) is 30.6 Å². The van der Waals surface area contributed by atoms with Gasteiger partial charge in [-0.2, -0.15) is 0 Å². The van der Waals surface area contributed by atoms with Gasteiger partial charge in [-0.05, 0) is 18.9 Å². The SMILES string of the molecule is NC[C@H]1CC[C@@H](C(=O)NC2CCOc3ccccc32)O1. The van der Waals surface area contributed by atoms with Crippen LogP contribution in [0.5, 0.6) is 5.75 Å². The summed E-state index contributed by atoms with van der Waals surface area (Å²) >= 11 is 0. The van der Waals surface area contributed by atoms with Gasteiger partial charge in [-0.3, -0.25) is 4.79 Å². The maximum Gasteiger partial charge on any atom is 0.249 e. The minimum Gasteiger partial charge on any atom is -0.493 e. The summed E-state index contributed by atoms with van der Waals surface area (Å²) in [4.78, 5) is 12.3. The predicted molar refractivity (Wildman–Crippen MR) is 74.4 cm³/mol. The van der Waals surface area contributed by atoms with Gasteiger partial charge in [0.25, 0.3) is 0 Å². The van der Waals surface area contributed by atoms with Crippen molar-refractivity contribution in [2.75, 3.05) is 13.2 Å². The van der Waals surface area contributed by atoms with Crippen molar-refractivity contribution in [1.82, 2.24) is 5.32 Å². The van der Waals surface area contributed by atoms with Crippen LogP contribution in [0, 0.1) is 0 Å². The molecule has 1 fully saturated rings. The molecule has 0 aromatic heterocycles. The summed E-state index contributed by atoms with van der Waals surface area (Å²) in [5.41, 5.74) is 6.61. The molecule has 20 heavy (non-hydrogen) atoms. The Bertz CT molecular complexity index is 492. The second-order valence-corrected chi connectivity index (χ2v) is 5.30. The highest BCUT2D eigenvalue weighted by Crippen LogP contribution is 2.32. The standard InChI is InChI=1S/C15H20N2O3/c16-9-10-5-6-14(20-10)15(18)17-12-7-8-19-13-4-2-1-3-11(12)13/h1-4,10,12,14H,5-9,16H2,(H,17,18)/t10-,12?,14+/m1/s1. The summed E-state index contributed by atoms with van der Waals surface area (Å²) in [6.07, 6.45) is 2.05. The molecule has 1 aromatic rings. The van der Waals surface area contributed by atoms with E-state index in [1.807, 2.05) is 24.3 Å². The Labute approximate surface area is 118 Å². The number of benzene rings is 1. The van der Waals surface area contributed by atoms with E-state index >= 15 is 0 Å². The molecular weight excluding hydrogens is 256 g/mol. The zero-order chi connectivity index (χ0) is 13.9. The molecule has 0 aliphatic carbocycles. The second-order valence-electron chi connectivity index (χ2n) is 5.30. The fourth-order valence-electron chi connectivity index (χ4n) is 2.83. The molecule has 0 radical (unpaired) electrons. The van der Waals surface area contributed by atoms with E-state index in [4.69, 9.17) is 15.2 Å². The largest absolute Gasteiger partial charge is 0.493 e. The number of nitrogens with one attached hydrogen (secondary N) is 1. The zero-order valence-corrected chi connectivity index (χ0v) is 11.4. The van der Waals surface area contributed by atoms with E-state index in [0.29, 0.717) is 13.2 Å². The predicted octanol–water partition coefficient (Wildman–Crippen LogP) is 1.13. The van der Waals surface area contributed by atoms with Gasteiger partial charge >= 0.3 is 0 Å². The maximum atomic E-state index is 12.3. The molecule has 108 valence electrons. The van der Waals surface area contributed by atoms with E-state index in [1.165, 1.54) is 0 Å². The van der Waals surface area contributed by atoms with Crippen LogP contribution in [0.2, 0.25) is 0 Å². The number of carbonyl (C=O) groups is 1. The average Bonchev–Trinajstić information content (AvgIpc) is 2.97. The number of para-hydroxylation sites is 1. The molecule has 1 aromatic carbocycles. The van der Waals surface area contributed by atoms with Gasteiger partial charge in [-0.25, -0.2) is 0 Å². The Hall–Kier alpha value is -1.59. The number of rotatable bonds is 3. The van der Waals surface area contributed by atoms with Crippen LogP contribution in [0.15, 0.2) is 24.3 Å². The number of amides is 1. The number of hydrogen-bond acceptors (Lipinski definition) is 4. The van der Waals surface area contributed by atoms with Crippen LogP contribution < -0.4 is 15.8 Å². The lowest BCUT2D eigenvalue weighted by Gasteiger charge is -2.27. The lowest BCUT2D eigenvalue weighted by Crippen LogP contribution is -2.39. The van der Waals surface area contributed by atoms with Crippen LogP contribution in [0.3, 0.4) is 0 Å². The van der Waals surface area contributed by atoms with Gasteiger partial charge in [-0.15, -0.1) is 0 Å². The Balaban J connectivity index is 1.65. The van der Waals surface area contributed by atoms with Gasteiger partial charge in [0.15, 0.2) is 0 Å². The number of hydrogen-bond donors (Lipinski definition) is 2. The first-order valence-corrected chi connectivity index (χ1v) is 7.15. The van der Waals surface area contributed by atoms with Crippen LogP contribution in [0.1, 0.15) is 30.9 Å². The van der Waals surface area contributed by atoms with Crippen molar-refractivity contribution < 1.29 is 14.3 Å². The molecule has 1 amide bonds. The monoisotopic (exact) mass is 276 g/mol. The Kier molecular flexibility index (Phi) is 3.89. The third-order valence-corrected chi connectivity index (χ3v) is 3.94. The summed E-state index contributed by atoms with van der Waals surface area (Å²) in [6, 6.07) is 7.84. The van der Waals surface area contributed by atoms with Crippen molar-refractivity contribution in [2.24, 2.45) is 5.73 Å². The first kappa shape index (κ1) is 13.4. The quantitative estimate of drug-likeness (QED) is 0.868. The van der Waals surface area contributed by atoms with Crippen molar-refractivity contribution in [1.29, 1.82) is 0 Å². The highest BCUT2D eigenvalue weighted by atomic mass is 16.5. The molecule has 0 spiro atoms. The molecular formula is C15H20N2O3. The lowest BCUT2D eigenvalue weighted by molar-refractivity contribution is -0.132. The van der Waals surface area contributed by atoms with E-state index < -0.39 is 0 Å². The molecule has 2 aliphatic heterocycles. The molecule has 0 bridgehead atoms. The van der Waals surface area contributed by atoms with Crippen LogP contribution in [-0.4, -0.2) is 31.3 Å². The Morgan fingerprint density at radius 2 is 2.15 bits per heavy atom. The van der Waals surface area contributed by atoms with Crippen LogP contribution in [0.25, 0.3) is 0 Å². The highest BCUT2D eigenvalue weighted by molar-refractivity contribution is 5.81. The molecule has 0 saturated carbocycles. The second kappa shape index (κ2) is 5.81.